The van der Waals surface area contributed by atoms with Crippen LogP contribution < -0.4 is 15.4 Å². The van der Waals surface area contributed by atoms with E-state index in [0.29, 0.717) is 5.69 Å². The molecule has 5 rings (SSSR count). The molecule has 2 heterocycles. The largest absolute Gasteiger partial charge is 0.487 e. The topological polar surface area (TPSA) is 69.2 Å². The number of nitrogen functional groups attached to an aromatic ring is 1. The number of hydrogen-bond acceptors (Lipinski definition) is 5. The Bertz CT molecular complexity index is 1280. The Hall–Kier alpha value is -3.87. The van der Waals surface area contributed by atoms with Gasteiger partial charge in [-0.1, -0.05) is 35.5 Å². The Labute approximate surface area is 192 Å². The number of alkyl halides is 1. The van der Waals surface area contributed by atoms with Gasteiger partial charge < -0.3 is 15.4 Å². The van der Waals surface area contributed by atoms with Gasteiger partial charge in [0.2, 0.25) is 0 Å². The first-order valence-electron chi connectivity index (χ1n) is 10.9. The summed E-state index contributed by atoms with van der Waals surface area (Å²) in [5.74, 6) is 0.737. The van der Waals surface area contributed by atoms with Gasteiger partial charge in [0.25, 0.3) is 0 Å². The molecule has 0 aliphatic carbocycles. The van der Waals surface area contributed by atoms with E-state index in [1.807, 2.05) is 18.2 Å². The van der Waals surface area contributed by atoms with E-state index >= 15 is 0 Å². The van der Waals surface area contributed by atoms with Crippen LogP contribution in [0.4, 0.5) is 15.8 Å². The van der Waals surface area contributed by atoms with Crippen LogP contribution in [0.2, 0.25) is 0 Å². The molecule has 0 fully saturated rings. The molecule has 1 aromatic heterocycles. The van der Waals surface area contributed by atoms with Crippen molar-refractivity contribution >= 4 is 11.4 Å². The zero-order valence-corrected chi connectivity index (χ0v) is 18.7. The predicted octanol–water partition coefficient (Wildman–Crippen LogP) is 4.92. The van der Waals surface area contributed by atoms with Crippen molar-refractivity contribution in [1.82, 2.24) is 15.0 Å². The van der Waals surface area contributed by atoms with Crippen LogP contribution in [-0.2, 0) is 13.2 Å². The Balaban J connectivity index is 1.42. The van der Waals surface area contributed by atoms with Crippen LogP contribution in [0.3, 0.4) is 0 Å². The Morgan fingerprint density at radius 1 is 1.03 bits per heavy atom. The monoisotopic (exact) mass is 442 g/mol. The molecule has 33 heavy (non-hydrogen) atoms. The smallest absolute Gasteiger partial charge is 0.134 e. The van der Waals surface area contributed by atoms with Gasteiger partial charge in [-0.3, -0.25) is 0 Å². The van der Waals surface area contributed by atoms with E-state index in [1.54, 1.807) is 6.20 Å². The lowest BCUT2D eigenvalue weighted by atomic mass is 9.84. The number of nitrogens with two attached hydrogens (primary N) is 1. The second kappa shape index (κ2) is 8.58. The average Bonchev–Trinajstić information content (AvgIpc) is 3.26. The first-order valence-corrected chi connectivity index (χ1v) is 10.9. The summed E-state index contributed by atoms with van der Waals surface area (Å²) in [7, 11) is 2.13. The predicted molar refractivity (Wildman–Crippen MR) is 128 cm³/mol. The third-order valence-corrected chi connectivity index (χ3v) is 6.06. The molecule has 1 aliphatic heterocycles. The molecule has 0 bridgehead atoms. The van der Waals surface area contributed by atoms with E-state index in [4.69, 9.17) is 10.5 Å². The Morgan fingerprint density at radius 3 is 2.61 bits per heavy atom. The molecule has 6 nitrogen and oxygen atoms in total. The minimum absolute atomic E-state index is 0.0347. The number of fused-ring (bicyclic) bond motifs is 3. The van der Waals surface area contributed by atoms with Crippen LogP contribution in [0.5, 0.6) is 5.75 Å². The molecule has 0 spiro atoms. The van der Waals surface area contributed by atoms with E-state index in [0.717, 1.165) is 17.0 Å². The van der Waals surface area contributed by atoms with E-state index in [1.165, 1.54) is 32.6 Å². The maximum Gasteiger partial charge on any atom is 0.134 e. The molecule has 0 radical (unpaired) electrons. The van der Waals surface area contributed by atoms with Crippen molar-refractivity contribution in [2.75, 3.05) is 24.4 Å². The molecular weight excluding hydrogens is 416 g/mol. The number of nitrogens with zero attached hydrogens (tertiary/aromatic N) is 4. The molecule has 0 amide bonds. The van der Waals surface area contributed by atoms with Crippen molar-refractivity contribution in [3.63, 3.8) is 0 Å². The number of aryl methyl sites for hydroxylation is 2. The van der Waals surface area contributed by atoms with Gasteiger partial charge in [-0.2, -0.15) is 0 Å². The summed E-state index contributed by atoms with van der Waals surface area (Å²) in [6.07, 6.45) is 1.70. The normalized spacial score (nSPS) is 14.6. The van der Waals surface area contributed by atoms with E-state index in [2.05, 4.69) is 71.6 Å². The SMILES string of the molecule is Cc1ccc2c(c1)N(C)C(c1ccc(OCc3cn(CC[18F])nn3)cc1)c1cc(N)ccc1-2. The number of anilines is 2. The standard InChI is InChI=1S/C26H26FN5O/c1-17-3-9-23-22-10-6-19(28)14-24(22)26(31(2)25(23)13-17)18-4-7-21(8-5-18)33-16-20-15-32(12-11-27)30-29-20/h3-10,13-15,26H,11-12,16,28H2,1-2H3/i27-1. The molecule has 0 saturated heterocycles. The van der Waals surface area contributed by atoms with Crippen LogP contribution in [0.1, 0.15) is 28.4 Å². The van der Waals surface area contributed by atoms with Crippen molar-refractivity contribution in [3.8, 4) is 16.9 Å². The highest BCUT2D eigenvalue weighted by atomic mass is 18.2. The lowest BCUT2D eigenvalue weighted by Crippen LogP contribution is -2.29. The van der Waals surface area contributed by atoms with Gasteiger partial charge in [0.15, 0.2) is 0 Å². The van der Waals surface area contributed by atoms with E-state index in [-0.39, 0.29) is 19.2 Å². The fourth-order valence-corrected chi connectivity index (χ4v) is 4.47. The highest BCUT2D eigenvalue weighted by Crippen LogP contribution is 2.47. The fourth-order valence-electron chi connectivity index (χ4n) is 4.47. The van der Waals surface area contributed by atoms with Crippen molar-refractivity contribution in [3.05, 3.63) is 89.2 Å². The van der Waals surface area contributed by atoms with E-state index in [9.17, 15) is 4.39 Å². The van der Waals surface area contributed by atoms with Crippen LogP contribution in [0, 0.1) is 6.92 Å². The Morgan fingerprint density at radius 2 is 1.82 bits per heavy atom. The van der Waals surface area contributed by atoms with Gasteiger partial charge in [0.1, 0.15) is 24.7 Å². The number of halogens is 1. The number of benzene rings is 3. The van der Waals surface area contributed by atoms with Crippen LogP contribution >= 0.6 is 0 Å². The minimum atomic E-state index is -0.473. The molecule has 3 aromatic carbocycles. The van der Waals surface area contributed by atoms with Crippen molar-refractivity contribution in [2.24, 2.45) is 0 Å². The van der Waals surface area contributed by atoms with Gasteiger partial charge in [-0.05, 0) is 59.5 Å². The highest BCUT2D eigenvalue weighted by Gasteiger charge is 2.30. The molecule has 1 aliphatic rings. The summed E-state index contributed by atoms with van der Waals surface area (Å²) < 4.78 is 19.8. The highest BCUT2D eigenvalue weighted by molar-refractivity contribution is 5.86. The number of aromatic nitrogens is 3. The lowest BCUT2D eigenvalue weighted by molar-refractivity contribution is 0.301. The summed E-state index contributed by atoms with van der Waals surface area (Å²) >= 11 is 0. The molecule has 7 heteroatoms. The summed E-state index contributed by atoms with van der Waals surface area (Å²) in [5, 5.41) is 7.90. The number of hydrogen-bond donors (Lipinski definition) is 1. The maximum atomic E-state index is 12.4. The quantitative estimate of drug-likeness (QED) is 0.429. The minimum Gasteiger partial charge on any atom is -0.487 e. The van der Waals surface area contributed by atoms with Gasteiger partial charge in [-0.25, -0.2) is 9.07 Å². The van der Waals surface area contributed by atoms with E-state index < -0.39 is 6.67 Å². The van der Waals surface area contributed by atoms with Gasteiger partial charge in [-0.15, -0.1) is 5.10 Å². The molecule has 4 aromatic rings. The van der Waals surface area contributed by atoms with Gasteiger partial charge in [0.05, 0.1) is 18.8 Å². The first kappa shape index (κ1) is 21.0. The third-order valence-electron chi connectivity index (χ3n) is 6.06. The van der Waals surface area contributed by atoms with Crippen molar-refractivity contribution in [1.29, 1.82) is 0 Å². The van der Waals surface area contributed by atoms with Crippen LogP contribution in [0.25, 0.3) is 11.1 Å². The zero-order chi connectivity index (χ0) is 22.9. The Kier molecular flexibility index (Phi) is 5.46. The third kappa shape index (κ3) is 4.02. The van der Waals surface area contributed by atoms with Crippen molar-refractivity contribution in [2.45, 2.75) is 26.1 Å². The molecule has 1 atom stereocenters. The van der Waals surface area contributed by atoms with Gasteiger partial charge >= 0.3 is 0 Å². The van der Waals surface area contributed by atoms with Gasteiger partial charge in [0, 0.05) is 24.0 Å². The molecule has 2 N–H and O–H groups in total. The first-order chi connectivity index (χ1) is 16.0. The summed E-state index contributed by atoms with van der Waals surface area (Å²) in [6.45, 7) is 2.12. The second-order valence-electron chi connectivity index (χ2n) is 8.40. The summed E-state index contributed by atoms with van der Waals surface area (Å²) in [4.78, 5) is 2.31. The number of rotatable bonds is 6. The van der Waals surface area contributed by atoms with Crippen molar-refractivity contribution < 1.29 is 9.13 Å². The summed E-state index contributed by atoms with van der Waals surface area (Å²) in [5.41, 5.74) is 14.8. The van der Waals surface area contributed by atoms with Crippen LogP contribution in [0.15, 0.2) is 66.9 Å². The molecule has 1 unspecified atom stereocenters. The lowest BCUT2D eigenvalue weighted by Gasteiger charge is -2.38. The summed E-state index contributed by atoms with van der Waals surface area (Å²) in [6, 6.07) is 20.9. The van der Waals surface area contributed by atoms with Crippen LogP contribution in [-0.4, -0.2) is 28.7 Å². The zero-order valence-electron chi connectivity index (χ0n) is 18.7. The fraction of sp³-hybridized carbons (Fsp3) is 0.231. The second-order valence-corrected chi connectivity index (χ2v) is 8.40. The average molecular weight is 443 g/mol. The maximum absolute atomic E-state index is 12.4. The molecule has 168 valence electrons. The molecule has 0 saturated carbocycles. The molecular formula is C26H26FN5O. The number of ether oxygens (including phenoxy) is 1.